The van der Waals surface area contributed by atoms with Gasteiger partial charge in [0, 0.05) is 23.2 Å². The lowest BCUT2D eigenvalue weighted by Crippen LogP contribution is -2.22. The number of nitrogens with two attached hydrogens (primary N) is 1. The van der Waals surface area contributed by atoms with Gasteiger partial charge in [0.05, 0.1) is 12.8 Å². The molecule has 2 aliphatic rings. The summed E-state index contributed by atoms with van der Waals surface area (Å²) < 4.78 is 5.42. The Labute approximate surface area is 89.6 Å². The van der Waals surface area contributed by atoms with Crippen molar-refractivity contribution in [2.24, 2.45) is 5.73 Å². The first-order valence-corrected chi connectivity index (χ1v) is 5.65. The molecule has 0 aromatic carbocycles. The van der Waals surface area contributed by atoms with Crippen molar-refractivity contribution in [1.82, 2.24) is 4.98 Å². The molecule has 3 nitrogen and oxygen atoms in total. The fraction of sp³-hybridized carbons (Fsp3) is 0.583. The van der Waals surface area contributed by atoms with Crippen molar-refractivity contribution in [3.05, 3.63) is 23.5 Å². The van der Waals surface area contributed by atoms with Crippen LogP contribution in [0.5, 0.6) is 5.75 Å². The van der Waals surface area contributed by atoms with Crippen LogP contribution in [0.3, 0.4) is 0 Å². The number of aromatic nitrogens is 1. The highest BCUT2D eigenvalue weighted by Crippen LogP contribution is 2.36. The smallest absolute Gasteiger partial charge is 0.140 e. The van der Waals surface area contributed by atoms with Gasteiger partial charge in [-0.05, 0) is 31.7 Å². The summed E-state index contributed by atoms with van der Waals surface area (Å²) in [7, 11) is 0. The van der Waals surface area contributed by atoms with E-state index < -0.39 is 0 Å². The minimum atomic E-state index is 0.136. The van der Waals surface area contributed by atoms with Gasteiger partial charge in [-0.25, -0.2) is 0 Å². The van der Waals surface area contributed by atoms with Crippen LogP contribution in [0.4, 0.5) is 0 Å². The SMILES string of the molecule is NC1(CCc2cc3c(cn2)OCC3)CC1. The highest BCUT2D eigenvalue weighted by Gasteiger charge is 2.37. The summed E-state index contributed by atoms with van der Waals surface area (Å²) in [6.45, 7) is 0.807. The van der Waals surface area contributed by atoms with Crippen molar-refractivity contribution >= 4 is 0 Å². The first kappa shape index (κ1) is 9.16. The molecular weight excluding hydrogens is 188 g/mol. The van der Waals surface area contributed by atoms with Crippen LogP contribution in [0.15, 0.2) is 12.3 Å². The molecule has 0 saturated heterocycles. The first-order valence-electron chi connectivity index (χ1n) is 5.65. The number of pyridine rings is 1. The van der Waals surface area contributed by atoms with Crippen LogP contribution in [-0.2, 0) is 12.8 Å². The molecule has 1 aliphatic carbocycles. The van der Waals surface area contributed by atoms with Gasteiger partial charge in [0.1, 0.15) is 5.75 Å². The molecule has 2 heterocycles. The number of rotatable bonds is 3. The third-order valence-corrected chi connectivity index (χ3v) is 3.41. The van der Waals surface area contributed by atoms with E-state index in [2.05, 4.69) is 11.1 Å². The molecule has 2 N–H and O–H groups in total. The van der Waals surface area contributed by atoms with Crippen LogP contribution < -0.4 is 10.5 Å². The van der Waals surface area contributed by atoms with E-state index in [-0.39, 0.29) is 5.54 Å². The van der Waals surface area contributed by atoms with E-state index in [1.165, 1.54) is 18.4 Å². The molecule has 1 fully saturated rings. The van der Waals surface area contributed by atoms with Gasteiger partial charge in [0.15, 0.2) is 0 Å². The van der Waals surface area contributed by atoms with Crippen LogP contribution in [0.2, 0.25) is 0 Å². The molecule has 1 saturated carbocycles. The maximum absolute atomic E-state index is 6.05. The van der Waals surface area contributed by atoms with E-state index in [9.17, 15) is 0 Å². The summed E-state index contributed by atoms with van der Waals surface area (Å²) >= 11 is 0. The fourth-order valence-corrected chi connectivity index (χ4v) is 2.05. The van der Waals surface area contributed by atoms with Gasteiger partial charge in [-0.1, -0.05) is 0 Å². The second kappa shape index (κ2) is 3.20. The van der Waals surface area contributed by atoms with Crippen molar-refractivity contribution < 1.29 is 4.74 Å². The molecule has 1 aromatic heterocycles. The van der Waals surface area contributed by atoms with E-state index in [0.29, 0.717) is 0 Å². The quantitative estimate of drug-likeness (QED) is 0.810. The summed E-state index contributed by atoms with van der Waals surface area (Å²) in [5.41, 5.74) is 8.66. The summed E-state index contributed by atoms with van der Waals surface area (Å²) in [5.74, 6) is 0.965. The Kier molecular flexibility index (Phi) is 1.96. The second-order valence-corrected chi connectivity index (χ2v) is 4.74. The average molecular weight is 204 g/mol. The Morgan fingerprint density at radius 2 is 2.33 bits per heavy atom. The molecule has 1 aromatic rings. The van der Waals surface area contributed by atoms with Gasteiger partial charge >= 0.3 is 0 Å². The molecule has 0 bridgehead atoms. The third kappa shape index (κ3) is 1.84. The Balaban J connectivity index is 1.70. The largest absolute Gasteiger partial charge is 0.491 e. The molecule has 0 amide bonds. The third-order valence-electron chi connectivity index (χ3n) is 3.41. The summed E-state index contributed by atoms with van der Waals surface area (Å²) in [4.78, 5) is 4.40. The lowest BCUT2D eigenvalue weighted by atomic mass is 10.1. The molecular formula is C12H16N2O. The Morgan fingerprint density at radius 3 is 3.13 bits per heavy atom. The van der Waals surface area contributed by atoms with E-state index >= 15 is 0 Å². The molecule has 0 spiro atoms. The predicted octanol–water partition coefficient (Wildman–Crippen LogP) is 1.44. The van der Waals surface area contributed by atoms with E-state index in [1.807, 2.05) is 6.20 Å². The van der Waals surface area contributed by atoms with Crippen LogP contribution in [0.25, 0.3) is 0 Å². The van der Waals surface area contributed by atoms with Gasteiger partial charge in [-0.15, -0.1) is 0 Å². The lowest BCUT2D eigenvalue weighted by Gasteiger charge is -2.08. The van der Waals surface area contributed by atoms with Gasteiger partial charge < -0.3 is 10.5 Å². The Morgan fingerprint density at radius 1 is 1.47 bits per heavy atom. The van der Waals surface area contributed by atoms with Crippen molar-refractivity contribution in [3.63, 3.8) is 0 Å². The van der Waals surface area contributed by atoms with Crippen molar-refractivity contribution in [2.45, 2.75) is 37.6 Å². The Bertz CT molecular complexity index is 385. The zero-order valence-corrected chi connectivity index (χ0v) is 8.83. The number of ether oxygens (including phenoxy) is 1. The van der Waals surface area contributed by atoms with Crippen LogP contribution in [-0.4, -0.2) is 17.1 Å². The summed E-state index contributed by atoms with van der Waals surface area (Å²) in [5, 5.41) is 0. The molecule has 1 aliphatic heterocycles. The lowest BCUT2D eigenvalue weighted by molar-refractivity contribution is 0.355. The molecule has 80 valence electrons. The molecule has 15 heavy (non-hydrogen) atoms. The van der Waals surface area contributed by atoms with E-state index in [1.54, 1.807) is 0 Å². The van der Waals surface area contributed by atoms with Crippen LogP contribution >= 0.6 is 0 Å². The minimum Gasteiger partial charge on any atom is -0.491 e. The molecule has 0 radical (unpaired) electrons. The predicted molar refractivity (Wildman–Crippen MR) is 57.9 cm³/mol. The number of fused-ring (bicyclic) bond motifs is 1. The second-order valence-electron chi connectivity index (χ2n) is 4.74. The van der Waals surface area contributed by atoms with Gasteiger partial charge in [-0.3, -0.25) is 4.98 Å². The number of aryl methyl sites for hydroxylation is 1. The highest BCUT2D eigenvalue weighted by molar-refractivity contribution is 5.35. The van der Waals surface area contributed by atoms with E-state index in [0.717, 1.165) is 37.3 Å². The van der Waals surface area contributed by atoms with Crippen molar-refractivity contribution in [1.29, 1.82) is 0 Å². The Hall–Kier alpha value is -1.09. The number of hydrogen-bond acceptors (Lipinski definition) is 3. The maximum atomic E-state index is 6.05. The highest BCUT2D eigenvalue weighted by atomic mass is 16.5. The zero-order chi connectivity index (χ0) is 10.3. The molecule has 3 rings (SSSR count). The number of hydrogen-bond donors (Lipinski definition) is 1. The number of nitrogens with zero attached hydrogens (tertiary/aromatic N) is 1. The first-order chi connectivity index (χ1) is 7.25. The van der Waals surface area contributed by atoms with Crippen LogP contribution in [0.1, 0.15) is 30.5 Å². The van der Waals surface area contributed by atoms with Gasteiger partial charge in [0.2, 0.25) is 0 Å². The molecule has 0 atom stereocenters. The van der Waals surface area contributed by atoms with Crippen LogP contribution in [0, 0.1) is 0 Å². The van der Waals surface area contributed by atoms with Crippen molar-refractivity contribution in [3.8, 4) is 5.75 Å². The zero-order valence-electron chi connectivity index (χ0n) is 8.83. The standard InChI is InChI=1S/C12H16N2O/c13-12(4-5-12)3-1-10-7-9-2-6-15-11(9)8-14-10/h7-8H,1-6,13H2. The minimum absolute atomic E-state index is 0.136. The van der Waals surface area contributed by atoms with Crippen molar-refractivity contribution in [2.75, 3.05) is 6.61 Å². The molecule has 0 unspecified atom stereocenters. The normalized spacial score (nSPS) is 20.9. The summed E-state index contributed by atoms with van der Waals surface area (Å²) in [6.07, 6.45) is 7.32. The van der Waals surface area contributed by atoms with Gasteiger partial charge in [0.25, 0.3) is 0 Å². The summed E-state index contributed by atoms with van der Waals surface area (Å²) in [6, 6.07) is 2.17. The molecule has 3 heteroatoms. The monoisotopic (exact) mass is 204 g/mol. The average Bonchev–Trinajstić information content (AvgIpc) is 2.80. The van der Waals surface area contributed by atoms with Gasteiger partial charge in [-0.2, -0.15) is 0 Å². The maximum Gasteiger partial charge on any atom is 0.140 e. The van der Waals surface area contributed by atoms with E-state index in [4.69, 9.17) is 10.5 Å². The topological polar surface area (TPSA) is 48.1 Å². The fourth-order valence-electron chi connectivity index (χ4n) is 2.05.